The van der Waals surface area contributed by atoms with E-state index >= 15 is 0 Å². The van der Waals surface area contributed by atoms with E-state index in [-0.39, 0.29) is 22.2 Å². The Balaban J connectivity index is 1.43. The van der Waals surface area contributed by atoms with Crippen molar-refractivity contribution in [2.24, 2.45) is 5.10 Å². The quantitative estimate of drug-likeness (QED) is 0.227. The molecule has 0 aliphatic heterocycles. The largest absolute Gasteiger partial charge is 0.507 e. The fourth-order valence-corrected chi connectivity index (χ4v) is 3.83. The monoisotopic (exact) mass is 491 g/mol. The molecule has 0 aliphatic carbocycles. The minimum atomic E-state index is -0.522. The summed E-state index contributed by atoms with van der Waals surface area (Å²) < 4.78 is 0. The van der Waals surface area contributed by atoms with E-state index in [2.05, 4.69) is 15.8 Å². The molecular formula is C26H19Cl2N3O3. The third kappa shape index (κ3) is 5.20. The second-order valence-corrected chi connectivity index (χ2v) is 8.35. The highest BCUT2D eigenvalue weighted by Gasteiger charge is 2.13. The number of aromatic hydroxyl groups is 1. The number of phenolic OH excluding ortho intramolecular Hbond substituents is 1. The molecule has 4 aromatic rings. The Hall–Kier alpha value is -3.87. The summed E-state index contributed by atoms with van der Waals surface area (Å²) in [5.74, 6) is -1.00. The van der Waals surface area contributed by atoms with Crippen LogP contribution in [-0.4, -0.2) is 22.6 Å². The fraction of sp³-hybridized carbons (Fsp3) is 0.0385. The Morgan fingerprint density at radius 2 is 1.50 bits per heavy atom. The SMILES string of the molecule is C/C(=N\NC(=O)c1cc2ccccc2cc1O)c1ccc(NC(=O)c2ccc(Cl)cc2Cl)cc1. The molecule has 4 rings (SSSR count). The molecular weight excluding hydrogens is 473 g/mol. The van der Waals surface area contributed by atoms with Gasteiger partial charge < -0.3 is 10.4 Å². The molecule has 0 saturated heterocycles. The molecule has 2 amide bonds. The molecule has 0 aromatic heterocycles. The summed E-state index contributed by atoms with van der Waals surface area (Å²) >= 11 is 12.0. The van der Waals surface area contributed by atoms with Crippen molar-refractivity contribution in [2.45, 2.75) is 6.92 Å². The molecule has 170 valence electrons. The number of amides is 2. The zero-order chi connectivity index (χ0) is 24.2. The maximum atomic E-state index is 12.6. The maximum absolute atomic E-state index is 12.6. The molecule has 0 spiro atoms. The van der Waals surface area contributed by atoms with Gasteiger partial charge in [0.25, 0.3) is 11.8 Å². The third-order valence-corrected chi connectivity index (χ3v) is 5.72. The van der Waals surface area contributed by atoms with Gasteiger partial charge in [-0.2, -0.15) is 5.10 Å². The second kappa shape index (κ2) is 9.95. The number of rotatable bonds is 5. The van der Waals surface area contributed by atoms with Crippen LogP contribution in [0.3, 0.4) is 0 Å². The first-order chi connectivity index (χ1) is 16.3. The van der Waals surface area contributed by atoms with E-state index in [4.69, 9.17) is 23.2 Å². The van der Waals surface area contributed by atoms with Crippen molar-refractivity contribution < 1.29 is 14.7 Å². The summed E-state index contributed by atoms with van der Waals surface area (Å²) in [6, 6.07) is 22.2. The number of halogens is 2. The summed E-state index contributed by atoms with van der Waals surface area (Å²) in [5, 5.41) is 19.5. The van der Waals surface area contributed by atoms with Crippen molar-refractivity contribution >= 4 is 57.2 Å². The predicted octanol–water partition coefficient (Wildman–Crippen LogP) is 6.26. The van der Waals surface area contributed by atoms with Gasteiger partial charge in [0.05, 0.1) is 21.9 Å². The molecule has 4 aromatic carbocycles. The first-order valence-electron chi connectivity index (χ1n) is 10.2. The van der Waals surface area contributed by atoms with Crippen LogP contribution in [0, 0.1) is 0 Å². The normalized spacial score (nSPS) is 11.3. The van der Waals surface area contributed by atoms with Gasteiger partial charge in [-0.3, -0.25) is 9.59 Å². The highest BCUT2D eigenvalue weighted by Crippen LogP contribution is 2.25. The van der Waals surface area contributed by atoms with Crippen LogP contribution in [0.25, 0.3) is 10.8 Å². The van der Waals surface area contributed by atoms with Gasteiger partial charge in [-0.1, -0.05) is 59.6 Å². The van der Waals surface area contributed by atoms with Crippen LogP contribution >= 0.6 is 23.2 Å². The Morgan fingerprint density at radius 3 is 2.18 bits per heavy atom. The lowest BCUT2D eigenvalue weighted by molar-refractivity contribution is 0.0951. The Kier molecular flexibility index (Phi) is 6.82. The molecule has 0 unspecified atom stereocenters. The van der Waals surface area contributed by atoms with Crippen LogP contribution in [-0.2, 0) is 0 Å². The zero-order valence-electron chi connectivity index (χ0n) is 18.0. The Morgan fingerprint density at radius 1 is 0.824 bits per heavy atom. The molecule has 0 bridgehead atoms. The van der Waals surface area contributed by atoms with Crippen molar-refractivity contribution in [2.75, 3.05) is 5.32 Å². The molecule has 34 heavy (non-hydrogen) atoms. The van der Waals surface area contributed by atoms with Crippen molar-refractivity contribution in [3.05, 3.63) is 106 Å². The van der Waals surface area contributed by atoms with Crippen LogP contribution in [0.4, 0.5) is 5.69 Å². The van der Waals surface area contributed by atoms with Crippen molar-refractivity contribution in [1.29, 1.82) is 0 Å². The maximum Gasteiger partial charge on any atom is 0.275 e. The van der Waals surface area contributed by atoms with Crippen LogP contribution in [0.15, 0.2) is 84.0 Å². The fourth-order valence-electron chi connectivity index (χ4n) is 3.34. The smallest absolute Gasteiger partial charge is 0.275 e. The van der Waals surface area contributed by atoms with Crippen LogP contribution in [0.1, 0.15) is 33.2 Å². The van der Waals surface area contributed by atoms with Crippen LogP contribution in [0.5, 0.6) is 5.75 Å². The number of hydrogen-bond acceptors (Lipinski definition) is 4. The topological polar surface area (TPSA) is 90.8 Å². The molecule has 0 atom stereocenters. The molecule has 0 fully saturated rings. The van der Waals surface area contributed by atoms with Crippen molar-refractivity contribution in [3.63, 3.8) is 0 Å². The van der Waals surface area contributed by atoms with E-state index in [0.717, 1.165) is 16.3 Å². The molecule has 0 heterocycles. The number of hydrazone groups is 1. The van der Waals surface area contributed by atoms with Gasteiger partial charge in [0.15, 0.2) is 0 Å². The van der Waals surface area contributed by atoms with Gasteiger partial charge >= 0.3 is 0 Å². The zero-order valence-corrected chi connectivity index (χ0v) is 19.5. The summed E-state index contributed by atoms with van der Waals surface area (Å²) in [4.78, 5) is 25.0. The number of benzene rings is 4. The molecule has 0 saturated carbocycles. The van der Waals surface area contributed by atoms with Crippen LogP contribution in [0.2, 0.25) is 10.0 Å². The van der Waals surface area contributed by atoms with E-state index in [1.54, 1.807) is 55.5 Å². The summed E-state index contributed by atoms with van der Waals surface area (Å²) in [7, 11) is 0. The van der Waals surface area contributed by atoms with Gasteiger partial charge in [0.2, 0.25) is 0 Å². The number of nitrogens with zero attached hydrogens (tertiary/aromatic N) is 1. The third-order valence-electron chi connectivity index (χ3n) is 5.17. The number of anilines is 1. The van der Waals surface area contributed by atoms with E-state index in [9.17, 15) is 14.7 Å². The number of nitrogens with one attached hydrogen (secondary N) is 2. The average molecular weight is 492 g/mol. The number of carbonyl (C=O) groups excluding carboxylic acids is 2. The lowest BCUT2D eigenvalue weighted by atomic mass is 10.1. The predicted molar refractivity (Wildman–Crippen MR) is 136 cm³/mol. The average Bonchev–Trinajstić information content (AvgIpc) is 2.82. The lowest BCUT2D eigenvalue weighted by Crippen LogP contribution is -2.19. The first-order valence-corrected chi connectivity index (χ1v) is 11.0. The number of carbonyl (C=O) groups is 2. The Labute approximate surface area is 205 Å². The number of hydrogen-bond donors (Lipinski definition) is 3. The van der Waals surface area contributed by atoms with Gasteiger partial charge in [-0.25, -0.2) is 5.43 Å². The number of phenols is 1. The molecule has 6 nitrogen and oxygen atoms in total. The van der Waals surface area contributed by atoms with Crippen LogP contribution < -0.4 is 10.7 Å². The van der Waals surface area contributed by atoms with Crippen molar-refractivity contribution in [1.82, 2.24) is 5.43 Å². The minimum Gasteiger partial charge on any atom is -0.507 e. The van der Waals surface area contributed by atoms with E-state index in [1.165, 1.54) is 6.07 Å². The molecule has 0 aliphatic rings. The Bertz CT molecular complexity index is 1430. The second-order valence-electron chi connectivity index (χ2n) is 7.51. The summed E-state index contributed by atoms with van der Waals surface area (Å²) in [5.41, 5.74) is 4.78. The lowest BCUT2D eigenvalue weighted by Gasteiger charge is -2.09. The highest BCUT2D eigenvalue weighted by molar-refractivity contribution is 6.37. The molecule has 8 heteroatoms. The summed E-state index contributed by atoms with van der Waals surface area (Å²) in [6.45, 7) is 1.74. The van der Waals surface area contributed by atoms with Gasteiger partial charge in [-0.05, 0) is 65.7 Å². The van der Waals surface area contributed by atoms with Gasteiger partial charge in [0.1, 0.15) is 5.75 Å². The van der Waals surface area contributed by atoms with Gasteiger partial charge in [-0.15, -0.1) is 0 Å². The number of fused-ring (bicyclic) bond motifs is 1. The highest BCUT2D eigenvalue weighted by atomic mass is 35.5. The van der Waals surface area contributed by atoms with Crippen molar-refractivity contribution in [3.8, 4) is 5.75 Å². The minimum absolute atomic E-state index is 0.120. The standard InChI is InChI=1S/C26H19Cl2N3O3/c1-15(30-31-26(34)22-12-17-4-2-3-5-18(17)13-24(22)32)16-6-9-20(10-7-16)29-25(33)21-11-8-19(27)14-23(21)28/h2-14,32H,1H3,(H,29,33)(H,31,34)/b30-15+. The molecule has 0 radical (unpaired) electrons. The van der Waals surface area contributed by atoms with Gasteiger partial charge in [0, 0.05) is 10.7 Å². The van der Waals surface area contributed by atoms with E-state index in [1.807, 2.05) is 24.3 Å². The first kappa shape index (κ1) is 23.3. The van der Waals surface area contributed by atoms with E-state index < -0.39 is 5.91 Å². The summed E-state index contributed by atoms with van der Waals surface area (Å²) in [6.07, 6.45) is 0. The molecule has 3 N–H and O–H groups in total. The van der Waals surface area contributed by atoms with E-state index in [0.29, 0.717) is 22.0 Å².